The first-order valence-corrected chi connectivity index (χ1v) is 9.88. The molecule has 1 fully saturated rings. The molecule has 1 amide bonds. The van der Waals surface area contributed by atoms with Crippen molar-refractivity contribution < 1.29 is 19.1 Å². The summed E-state index contributed by atoms with van der Waals surface area (Å²) in [6.45, 7) is 1.85. The molecule has 0 spiro atoms. The number of nitrogens with zero attached hydrogens (tertiary/aromatic N) is 1. The normalized spacial score (nSPS) is 20.6. The molecule has 0 radical (unpaired) electrons. The van der Waals surface area contributed by atoms with E-state index in [4.69, 9.17) is 9.47 Å². The number of cyclic esters (lactones) is 1. The van der Waals surface area contributed by atoms with Crippen LogP contribution < -0.4 is 0 Å². The summed E-state index contributed by atoms with van der Waals surface area (Å²) in [4.78, 5) is 27.7. The van der Waals surface area contributed by atoms with Gasteiger partial charge in [-0.2, -0.15) is 0 Å². The molecule has 0 unspecified atom stereocenters. The van der Waals surface area contributed by atoms with E-state index < -0.39 is 23.8 Å². The van der Waals surface area contributed by atoms with E-state index in [0.717, 1.165) is 16.7 Å². The summed E-state index contributed by atoms with van der Waals surface area (Å²) in [6, 6.07) is 28.3. The summed E-state index contributed by atoms with van der Waals surface area (Å²) in [5.74, 6) is -0.447. The van der Waals surface area contributed by atoms with Gasteiger partial charge in [-0.15, -0.1) is 0 Å². The highest BCUT2D eigenvalue weighted by atomic mass is 16.6. The zero-order chi connectivity index (χ0) is 21.0. The maximum Gasteiger partial charge on any atom is 0.414 e. The largest absolute Gasteiger partial charge is 0.444 e. The van der Waals surface area contributed by atoms with E-state index in [-0.39, 0.29) is 6.61 Å². The Bertz CT molecular complexity index is 1010. The van der Waals surface area contributed by atoms with Crippen molar-refractivity contribution in [1.82, 2.24) is 4.90 Å². The minimum Gasteiger partial charge on any atom is -0.444 e. The first kappa shape index (κ1) is 19.7. The first-order valence-electron chi connectivity index (χ1n) is 9.88. The standard InChI is InChI=1S/C25H23NO4/c1-25(17-19-11-5-2-6-12-19)23(27)30-22(21-15-9-4-10-16-21)26(25)24(28)29-18-20-13-7-3-8-14-20/h2-16,22H,17-18H2,1H3/t22-,25+/m1/s1. The molecular formula is C25H23NO4. The van der Waals surface area contributed by atoms with Gasteiger partial charge in [0.1, 0.15) is 12.1 Å². The maximum absolute atomic E-state index is 13.2. The molecule has 1 aliphatic rings. The molecule has 0 bridgehead atoms. The van der Waals surface area contributed by atoms with Crippen molar-refractivity contribution in [3.05, 3.63) is 108 Å². The van der Waals surface area contributed by atoms with Gasteiger partial charge in [0, 0.05) is 12.0 Å². The fourth-order valence-electron chi connectivity index (χ4n) is 3.71. The lowest BCUT2D eigenvalue weighted by atomic mass is 9.91. The van der Waals surface area contributed by atoms with Gasteiger partial charge in [0.2, 0.25) is 6.23 Å². The van der Waals surface area contributed by atoms with Gasteiger partial charge in [-0.25, -0.2) is 9.59 Å². The second-order valence-electron chi connectivity index (χ2n) is 7.51. The Kier molecular flexibility index (Phi) is 5.53. The molecule has 2 atom stereocenters. The monoisotopic (exact) mass is 401 g/mol. The minimum atomic E-state index is -1.18. The molecule has 4 rings (SSSR count). The van der Waals surface area contributed by atoms with Crippen LogP contribution in [-0.2, 0) is 27.3 Å². The van der Waals surface area contributed by atoms with Crippen LogP contribution in [0.1, 0.15) is 29.8 Å². The molecule has 1 saturated heterocycles. The van der Waals surface area contributed by atoms with Crippen molar-refractivity contribution in [2.45, 2.75) is 31.7 Å². The second-order valence-corrected chi connectivity index (χ2v) is 7.51. The smallest absolute Gasteiger partial charge is 0.414 e. The third-order valence-corrected chi connectivity index (χ3v) is 5.30. The predicted octanol–water partition coefficient (Wildman–Crippen LogP) is 4.88. The predicted molar refractivity (Wildman–Crippen MR) is 112 cm³/mol. The minimum absolute atomic E-state index is 0.118. The number of rotatable bonds is 5. The highest BCUT2D eigenvalue weighted by Gasteiger charge is 2.55. The molecule has 5 heteroatoms. The van der Waals surface area contributed by atoms with Gasteiger partial charge in [-0.1, -0.05) is 91.0 Å². The average Bonchev–Trinajstić information content (AvgIpc) is 3.04. The summed E-state index contributed by atoms with van der Waals surface area (Å²) in [7, 11) is 0. The Hall–Kier alpha value is -3.60. The maximum atomic E-state index is 13.2. The van der Waals surface area contributed by atoms with Gasteiger partial charge >= 0.3 is 12.1 Å². The lowest BCUT2D eigenvalue weighted by Crippen LogP contribution is -2.51. The summed E-state index contributed by atoms with van der Waals surface area (Å²) in [5.41, 5.74) is 1.35. The molecule has 152 valence electrons. The number of carbonyl (C=O) groups excluding carboxylic acids is 2. The van der Waals surface area contributed by atoms with Crippen molar-refractivity contribution in [3.8, 4) is 0 Å². The number of hydrogen-bond donors (Lipinski definition) is 0. The van der Waals surface area contributed by atoms with Gasteiger partial charge < -0.3 is 9.47 Å². The third kappa shape index (κ3) is 3.92. The van der Waals surface area contributed by atoms with E-state index in [1.54, 1.807) is 6.92 Å². The number of hydrogen-bond acceptors (Lipinski definition) is 4. The van der Waals surface area contributed by atoms with E-state index in [2.05, 4.69) is 0 Å². The summed E-state index contributed by atoms with van der Waals surface area (Å²) in [6.07, 6.45) is -1.09. The summed E-state index contributed by atoms with van der Waals surface area (Å²) >= 11 is 0. The summed E-state index contributed by atoms with van der Waals surface area (Å²) < 4.78 is 11.3. The van der Waals surface area contributed by atoms with E-state index in [9.17, 15) is 9.59 Å². The molecule has 0 saturated carbocycles. The Labute approximate surface area is 175 Å². The Balaban J connectivity index is 1.65. The van der Waals surface area contributed by atoms with Crippen LogP contribution in [0.3, 0.4) is 0 Å². The van der Waals surface area contributed by atoms with E-state index in [0.29, 0.717) is 6.42 Å². The lowest BCUT2D eigenvalue weighted by molar-refractivity contribution is -0.145. The highest BCUT2D eigenvalue weighted by Crippen LogP contribution is 2.40. The molecule has 3 aromatic rings. The van der Waals surface area contributed by atoms with Gasteiger partial charge in [-0.05, 0) is 18.1 Å². The molecule has 0 N–H and O–H groups in total. The van der Waals surface area contributed by atoms with Crippen molar-refractivity contribution >= 4 is 12.1 Å². The van der Waals surface area contributed by atoms with Crippen molar-refractivity contribution in [1.29, 1.82) is 0 Å². The number of ether oxygens (including phenoxy) is 2. The van der Waals surface area contributed by atoms with Crippen LogP contribution in [-0.4, -0.2) is 22.5 Å². The quantitative estimate of drug-likeness (QED) is 0.572. The van der Waals surface area contributed by atoms with Gasteiger partial charge in [0.05, 0.1) is 0 Å². The topological polar surface area (TPSA) is 55.8 Å². The Morgan fingerprint density at radius 2 is 1.43 bits per heavy atom. The fraction of sp³-hybridized carbons (Fsp3) is 0.200. The Morgan fingerprint density at radius 3 is 2.03 bits per heavy atom. The number of esters is 1. The molecule has 3 aromatic carbocycles. The number of amides is 1. The number of benzene rings is 3. The SMILES string of the molecule is C[C@]1(Cc2ccccc2)C(=O)O[C@H](c2ccccc2)N1C(=O)OCc1ccccc1. The first-order chi connectivity index (χ1) is 14.6. The van der Waals surface area contributed by atoms with Crippen molar-refractivity contribution in [2.75, 3.05) is 0 Å². The highest BCUT2D eigenvalue weighted by molar-refractivity contribution is 5.89. The van der Waals surface area contributed by atoms with Crippen molar-refractivity contribution in [3.63, 3.8) is 0 Å². The van der Waals surface area contributed by atoms with Crippen LogP contribution >= 0.6 is 0 Å². The van der Waals surface area contributed by atoms with Gasteiger partial charge in [0.25, 0.3) is 0 Å². The van der Waals surface area contributed by atoms with E-state index in [1.165, 1.54) is 4.90 Å². The van der Waals surface area contributed by atoms with Gasteiger partial charge in [0.15, 0.2) is 0 Å². The molecular weight excluding hydrogens is 378 g/mol. The second kappa shape index (κ2) is 8.41. The van der Waals surface area contributed by atoms with E-state index in [1.807, 2.05) is 91.0 Å². The van der Waals surface area contributed by atoms with Crippen LogP contribution in [0.5, 0.6) is 0 Å². The lowest BCUT2D eigenvalue weighted by Gasteiger charge is -2.32. The zero-order valence-electron chi connectivity index (χ0n) is 16.7. The molecule has 1 aliphatic heterocycles. The molecule has 0 aromatic heterocycles. The van der Waals surface area contributed by atoms with Crippen LogP contribution in [0, 0.1) is 0 Å². The molecule has 1 heterocycles. The fourth-order valence-corrected chi connectivity index (χ4v) is 3.71. The van der Waals surface area contributed by atoms with E-state index >= 15 is 0 Å². The van der Waals surface area contributed by atoms with Crippen LogP contribution in [0.15, 0.2) is 91.0 Å². The zero-order valence-corrected chi connectivity index (χ0v) is 16.7. The molecule has 5 nitrogen and oxygen atoms in total. The van der Waals surface area contributed by atoms with Crippen molar-refractivity contribution in [2.24, 2.45) is 0 Å². The average molecular weight is 401 g/mol. The van der Waals surface area contributed by atoms with Crippen LogP contribution in [0.2, 0.25) is 0 Å². The molecule has 0 aliphatic carbocycles. The summed E-state index contributed by atoms with van der Waals surface area (Å²) in [5, 5.41) is 0. The number of carbonyl (C=O) groups is 2. The molecule has 30 heavy (non-hydrogen) atoms. The van der Waals surface area contributed by atoms with Gasteiger partial charge in [-0.3, -0.25) is 4.90 Å². The Morgan fingerprint density at radius 1 is 0.900 bits per heavy atom. The third-order valence-electron chi connectivity index (χ3n) is 5.30. The van der Waals surface area contributed by atoms with Crippen LogP contribution in [0.4, 0.5) is 4.79 Å². The van der Waals surface area contributed by atoms with Crippen LogP contribution in [0.25, 0.3) is 0 Å².